The summed E-state index contributed by atoms with van der Waals surface area (Å²) in [6, 6.07) is 15.1. The van der Waals surface area contributed by atoms with Crippen molar-refractivity contribution in [1.82, 2.24) is 9.46 Å². The van der Waals surface area contributed by atoms with Gasteiger partial charge in [0.15, 0.2) is 5.76 Å². The van der Waals surface area contributed by atoms with E-state index in [-0.39, 0.29) is 10.9 Å². The van der Waals surface area contributed by atoms with Gasteiger partial charge >= 0.3 is 0 Å². The third-order valence-electron chi connectivity index (χ3n) is 5.62. The minimum atomic E-state index is -3.76. The lowest BCUT2D eigenvalue weighted by Crippen LogP contribution is -2.53. The van der Waals surface area contributed by atoms with Crippen LogP contribution in [0.25, 0.3) is 11.3 Å². The van der Waals surface area contributed by atoms with Crippen LogP contribution in [0.15, 0.2) is 57.9 Å². The predicted molar refractivity (Wildman–Crippen MR) is 120 cm³/mol. The number of aromatic nitrogens is 1. The van der Waals surface area contributed by atoms with Crippen molar-refractivity contribution < 1.29 is 17.7 Å². The number of anilines is 1. The van der Waals surface area contributed by atoms with Crippen molar-refractivity contribution in [3.63, 3.8) is 0 Å². The third kappa shape index (κ3) is 4.18. The van der Waals surface area contributed by atoms with Gasteiger partial charge in [-0.1, -0.05) is 17.3 Å². The van der Waals surface area contributed by atoms with Gasteiger partial charge in [0.25, 0.3) is 0 Å². The van der Waals surface area contributed by atoms with Crippen LogP contribution in [0.3, 0.4) is 0 Å². The Balaban J connectivity index is 1.63. The zero-order valence-corrected chi connectivity index (χ0v) is 19.0. The van der Waals surface area contributed by atoms with Crippen LogP contribution in [-0.2, 0) is 10.0 Å². The summed E-state index contributed by atoms with van der Waals surface area (Å²) in [7, 11) is -2.28. The summed E-state index contributed by atoms with van der Waals surface area (Å²) < 4.78 is 39.4. The van der Waals surface area contributed by atoms with Crippen molar-refractivity contribution in [3.05, 3.63) is 59.8 Å². The summed E-state index contributed by atoms with van der Waals surface area (Å²) >= 11 is 0. The molecule has 0 saturated carbocycles. The lowest BCUT2D eigenvalue weighted by molar-refractivity contribution is 0.339. The van der Waals surface area contributed by atoms with Crippen LogP contribution >= 0.6 is 0 Å². The van der Waals surface area contributed by atoms with E-state index >= 15 is 0 Å². The maximum atomic E-state index is 13.6. The van der Waals surface area contributed by atoms with Crippen molar-refractivity contribution in [3.8, 4) is 17.1 Å². The lowest BCUT2D eigenvalue weighted by atomic mass is 10.1. The number of rotatable bonds is 5. The predicted octanol–water partition coefficient (Wildman–Crippen LogP) is 3.87. The van der Waals surface area contributed by atoms with E-state index in [4.69, 9.17) is 9.26 Å². The van der Waals surface area contributed by atoms with Crippen LogP contribution in [0, 0.1) is 13.8 Å². The topological polar surface area (TPSA) is 75.9 Å². The quantitative estimate of drug-likeness (QED) is 0.598. The molecule has 0 radical (unpaired) electrons. The van der Waals surface area contributed by atoms with E-state index in [2.05, 4.69) is 42.1 Å². The van der Waals surface area contributed by atoms with Crippen LogP contribution in [-0.4, -0.2) is 50.7 Å². The SMILES string of the molecule is COc1ccc(-c2cc(C)no2)cc1S(=O)(=O)N1CCN(c2cccc(C)c2)[C@H](C)C1. The van der Waals surface area contributed by atoms with E-state index in [1.54, 1.807) is 24.3 Å². The summed E-state index contributed by atoms with van der Waals surface area (Å²) in [4.78, 5) is 2.39. The molecule has 0 unspecified atom stereocenters. The Hall–Kier alpha value is -2.84. The van der Waals surface area contributed by atoms with Crippen LogP contribution < -0.4 is 9.64 Å². The minimum Gasteiger partial charge on any atom is -0.495 e. The molecule has 2 aromatic carbocycles. The zero-order valence-electron chi connectivity index (χ0n) is 18.2. The Morgan fingerprint density at radius 3 is 2.55 bits per heavy atom. The molecule has 0 bridgehead atoms. The van der Waals surface area contributed by atoms with Crippen LogP contribution in [0.2, 0.25) is 0 Å². The van der Waals surface area contributed by atoms with Gasteiger partial charge in [0.2, 0.25) is 10.0 Å². The Kier molecular flexibility index (Phi) is 5.77. The second-order valence-electron chi connectivity index (χ2n) is 7.94. The average molecular weight is 442 g/mol. The molecule has 1 aromatic heterocycles. The first kappa shape index (κ1) is 21.4. The number of aryl methyl sites for hydroxylation is 2. The number of piperazine rings is 1. The molecule has 8 heteroatoms. The van der Waals surface area contributed by atoms with E-state index < -0.39 is 10.0 Å². The zero-order chi connectivity index (χ0) is 22.2. The number of methoxy groups -OCH3 is 1. The second-order valence-corrected chi connectivity index (χ2v) is 9.85. The highest BCUT2D eigenvalue weighted by Gasteiger charge is 2.34. The Bertz CT molecular complexity index is 1190. The van der Waals surface area contributed by atoms with Crippen LogP contribution in [0.5, 0.6) is 5.75 Å². The molecule has 164 valence electrons. The molecule has 0 aliphatic carbocycles. The number of benzene rings is 2. The molecule has 4 rings (SSSR count). The highest BCUT2D eigenvalue weighted by molar-refractivity contribution is 7.89. The number of sulfonamides is 1. The van der Waals surface area contributed by atoms with Gasteiger partial charge in [0, 0.05) is 43.0 Å². The normalized spacial score (nSPS) is 17.7. The molecule has 1 saturated heterocycles. The maximum absolute atomic E-state index is 13.6. The van der Waals surface area contributed by atoms with Gasteiger partial charge in [-0.05, 0) is 56.7 Å². The first-order valence-corrected chi connectivity index (χ1v) is 11.7. The van der Waals surface area contributed by atoms with Crippen molar-refractivity contribution in [2.24, 2.45) is 0 Å². The summed E-state index contributed by atoms with van der Waals surface area (Å²) in [5.41, 5.74) is 3.68. The van der Waals surface area contributed by atoms with Crippen molar-refractivity contribution in [2.45, 2.75) is 31.7 Å². The molecule has 31 heavy (non-hydrogen) atoms. The van der Waals surface area contributed by atoms with E-state index in [1.165, 1.54) is 17.0 Å². The van der Waals surface area contributed by atoms with E-state index in [9.17, 15) is 8.42 Å². The van der Waals surface area contributed by atoms with Gasteiger partial charge in [0.05, 0.1) is 12.8 Å². The number of ether oxygens (including phenoxy) is 1. The van der Waals surface area contributed by atoms with Gasteiger partial charge in [-0.15, -0.1) is 0 Å². The molecule has 2 heterocycles. The van der Waals surface area contributed by atoms with E-state index in [0.717, 1.165) is 11.4 Å². The molecule has 7 nitrogen and oxygen atoms in total. The minimum absolute atomic E-state index is 0.0384. The molecule has 1 fully saturated rings. The van der Waals surface area contributed by atoms with Crippen molar-refractivity contribution >= 4 is 15.7 Å². The molecular formula is C23H27N3O4S. The number of hydrogen-bond acceptors (Lipinski definition) is 6. The molecule has 3 aromatic rings. The molecule has 0 amide bonds. The third-order valence-corrected chi connectivity index (χ3v) is 7.50. The lowest BCUT2D eigenvalue weighted by Gasteiger charge is -2.40. The summed E-state index contributed by atoms with van der Waals surface area (Å²) in [6.45, 7) is 7.34. The molecular weight excluding hydrogens is 414 g/mol. The van der Waals surface area contributed by atoms with Crippen molar-refractivity contribution in [1.29, 1.82) is 0 Å². The maximum Gasteiger partial charge on any atom is 0.246 e. The highest BCUT2D eigenvalue weighted by atomic mass is 32.2. The molecule has 0 N–H and O–H groups in total. The van der Waals surface area contributed by atoms with E-state index in [1.807, 2.05) is 13.0 Å². The summed E-state index contributed by atoms with van der Waals surface area (Å²) in [5.74, 6) is 0.836. The Morgan fingerprint density at radius 2 is 1.90 bits per heavy atom. The Morgan fingerprint density at radius 1 is 1.10 bits per heavy atom. The fraction of sp³-hybridized carbons (Fsp3) is 0.348. The average Bonchev–Trinajstić information content (AvgIpc) is 3.19. The second kappa shape index (κ2) is 8.36. The smallest absolute Gasteiger partial charge is 0.246 e. The fourth-order valence-electron chi connectivity index (χ4n) is 4.00. The van der Waals surface area contributed by atoms with Gasteiger partial charge in [-0.2, -0.15) is 4.31 Å². The van der Waals surface area contributed by atoms with Crippen LogP contribution in [0.4, 0.5) is 5.69 Å². The first-order chi connectivity index (χ1) is 14.8. The standard InChI is InChI=1S/C23H27N3O4S/c1-16-6-5-7-20(12-16)26-11-10-25(15-18(26)3)31(27,28)23-14-19(8-9-21(23)29-4)22-13-17(2)24-30-22/h5-9,12-14,18H,10-11,15H2,1-4H3/t18-/m1/s1. The molecule has 1 aliphatic rings. The Labute approximate surface area is 183 Å². The molecule has 1 atom stereocenters. The fourth-order valence-corrected chi connectivity index (χ4v) is 5.70. The van der Waals surface area contributed by atoms with Gasteiger partial charge in [-0.3, -0.25) is 0 Å². The summed E-state index contributed by atoms with van der Waals surface area (Å²) in [6.07, 6.45) is 0. The monoisotopic (exact) mass is 441 g/mol. The number of nitrogens with zero attached hydrogens (tertiary/aromatic N) is 3. The highest BCUT2D eigenvalue weighted by Crippen LogP contribution is 2.33. The van der Waals surface area contributed by atoms with Gasteiger partial charge < -0.3 is 14.2 Å². The summed E-state index contributed by atoms with van der Waals surface area (Å²) in [5, 5.41) is 3.90. The largest absolute Gasteiger partial charge is 0.495 e. The van der Waals surface area contributed by atoms with Gasteiger partial charge in [-0.25, -0.2) is 8.42 Å². The van der Waals surface area contributed by atoms with E-state index in [0.29, 0.717) is 36.7 Å². The number of hydrogen-bond donors (Lipinski definition) is 0. The van der Waals surface area contributed by atoms with Crippen molar-refractivity contribution in [2.75, 3.05) is 31.6 Å². The van der Waals surface area contributed by atoms with Crippen LogP contribution in [0.1, 0.15) is 18.2 Å². The molecule has 1 aliphatic heterocycles. The van der Waals surface area contributed by atoms with Gasteiger partial charge in [0.1, 0.15) is 10.6 Å². The molecule has 0 spiro atoms. The first-order valence-electron chi connectivity index (χ1n) is 10.2.